The zero-order valence-electron chi connectivity index (χ0n) is 20.9. The predicted molar refractivity (Wildman–Crippen MR) is 139 cm³/mol. The Labute approximate surface area is 210 Å². The SMILES string of the molecule is Cc1cc(C)n(CCNC(=O)Cn2c3c(c4ccccc42)CCN2C(=O)c4ccccc4N(C)[C@@H]32)n1. The summed E-state index contributed by atoms with van der Waals surface area (Å²) in [5.74, 6) is -0.00658. The Kier molecular flexibility index (Phi) is 5.32. The summed E-state index contributed by atoms with van der Waals surface area (Å²) >= 11 is 0. The average Bonchev–Trinajstić information content (AvgIpc) is 3.37. The van der Waals surface area contributed by atoms with Gasteiger partial charge in [0, 0.05) is 36.7 Å². The second kappa shape index (κ2) is 8.55. The Morgan fingerprint density at radius 3 is 2.69 bits per heavy atom. The van der Waals surface area contributed by atoms with Crippen LogP contribution in [-0.4, -0.2) is 51.2 Å². The number of hydrogen-bond acceptors (Lipinski definition) is 4. The minimum Gasteiger partial charge on any atom is -0.353 e. The Morgan fingerprint density at radius 1 is 1.11 bits per heavy atom. The zero-order chi connectivity index (χ0) is 25.0. The van der Waals surface area contributed by atoms with E-state index in [2.05, 4.69) is 32.0 Å². The van der Waals surface area contributed by atoms with Crippen molar-refractivity contribution in [3.63, 3.8) is 0 Å². The highest BCUT2D eigenvalue weighted by Crippen LogP contribution is 2.44. The Bertz CT molecular complexity index is 1500. The monoisotopic (exact) mass is 482 g/mol. The highest BCUT2D eigenvalue weighted by molar-refractivity contribution is 6.02. The molecule has 2 aromatic heterocycles. The van der Waals surface area contributed by atoms with Crippen LogP contribution in [0.1, 0.15) is 39.2 Å². The third-order valence-corrected chi connectivity index (χ3v) is 7.46. The number of nitrogens with one attached hydrogen (secondary N) is 1. The average molecular weight is 483 g/mol. The molecule has 2 amide bonds. The molecule has 2 aliphatic heterocycles. The Hall–Kier alpha value is -4.07. The van der Waals surface area contributed by atoms with Crippen LogP contribution in [0.5, 0.6) is 0 Å². The first-order valence-electron chi connectivity index (χ1n) is 12.4. The number of nitrogens with zero attached hydrogens (tertiary/aromatic N) is 5. The molecule has 1 N–H and O–H groups in total. The maximum absolute atomic E-state index is 13.5. The maximum Gasteiger partial charge on any atom is 0.257 e. The molecule has 0 fully saturated rings. The Morgan fingerprint density at radius 2 is 1.89 bits per heavy atom. The van der Waals surface area contributed by atoms with E-state index in [-0.39, 0.29) is 24.5 Å². The summed E-state index contributed by atoms with van der Waals surface area (Å²) < 4.78 is 4.03. The van der Waals surface area contributed by atoms with Gasteiger partial charge >= 0.3 is 0 Å². The van der Waals surface area contributed by atoms with Crippen molar-refractivity contribution >= 4 is 28.4 Å². The van der Waals surface area contributed by atoms with E-state index < -0.39 is 0 Å². The van der Waals surface area contributed by atoms with Crippen LogP contribution in [0, 0.1) is 13.8 Å². The molecule has 0 bridgehead atoms. The van der Waals surface area contributed by atoms with Crippen molar-refractivity contribution in [1.82, 2.24) is 24.6 Å². The Balaban J connectivity index is 1.34. The van der Waals surface area contributed by atoms with Gasteiger partial charge in [0.15, 0.2) is 0 Å². The summed E-state index contributed by atoms with van der Waals surface area (Å²) in [4.78, 5) is 30.7. The molecular weight excluding hydrogens is 452 g/mol. The normalized spacial score (nSPS) is 16.6. The fourth-order valence-electron chi connectivity index (χ4n) is 5.88. The number of fused-ring (bicyclic) bond motifs is 6. The van der Waals surface area contributed by atoms with Crippen LogP contribution < -0.4 is 10.2 Å². The van der Waals surface area contributed by atoms with Gasteiger partial charge in [-0.05, 0) is 50.1 Å². The zero-order valence-corrected chi connectivity index (χ0v) is 20.9. The van der Waals surface area contributed by atoms with Crippen LogP contribution in [0.2, 0.25) is 0 Å². The van der Waals surface area contributed by atoms with Crippen molar-refractivity contribution in [3.05, 3.63) is 82.8 Å². The number of amides is 2. The summed E-state index contributed by atoms with van der Waals surface area (Å²) in [6.07, 6.45) is 0.506. The topological polar surface area (TPSA) is 75.4 Å². The maximum atomic E-state index is 13.5. The molecule has 1 atom stereocenters. The molecule has 0 saturated heterocycles. The highest BCUT2D eigenvalue weighted by atomic mass is 16.2. The molecular formula is C28H30N6O2. The van der Waals surface area contributed by atoms with Crippen LogP contribution in [0.3, 0.4) is 0 Å². The number of rotatable bonds is 5. The van der Waals surface area contributed by atoms with Gasteiger partial charge in [-0.25, -0.2) is 0 Å². The largest absolute Gasteiger partial charge is 0.353 e. The molecule has 0 saturated carbocycles. The summed E-state index contributed by atoms with van der Waals surface area (Å²) in [6.45, 7) is 5.96. The van der Waals surface area contributed by atoms with Crippen LogP contribution in [-0.2, 0) is 24.3 Å². The highest BCUT2D eigenvalue weighted by Gasteiger charge is 2.42. The van der Waals surface area contributed by atoms with E-state index in [9.17, 15) is 9.59 Å². The minimum absolute atomic E-state index is 0.0468. The fourth-order valence-corrected chi connectivity index (χ4v) is 5.88. The number of carbonyl (C=O) groups excluding carboxylic acids is 2. The molecule has 8 nitrogen and oxygen atoms in total. The fraction of sp³-hybridized carbons (Fsp3) is 0.321. The minimum atomic E-state index is -0.258. The van der Waals surface area contributed by atoms with Gasteiger partial charge in [-0.3, -0.25) is 14.3 Å². The summed E-state index contributed by atoms with van der Waals surface area (Å²) in [5.41, 5.74) is 6.98. The van der Waals surface area contributed by atoms with Gasteiger partial charge in [-0.1, -0.05) is 30.3 Å². The van der Waals surface area contributed by atoms with E-state index in [4.69, 9.17) is 0 Å². The molecule has 2 aromatic carbocycles. The van der Waals surface area contributed by atoms with Gasteiger partial charge in [-0.15, -0.1) is 0 Å². The number of benzene rings is 2. The first-order valence-corrected chi connectivity index (χ1v) is 12.4. The van der Waals surface area contributed by atoms with Gasteiger partial charge in [0.1, 0.15) is 12.7 Å². The third kappa shape index (κ3) is 3.47. The lowest BCUT2D eigenvalue weighted by molar-refractivity contribution is -0.121. The van der Waals surface area contributed by atoms with Crippen LogP contribution in [0.4, 0.5) is 5.69 Å². The van der Waals surface area contributed by atoms with Gasteiger partial charge < -0.3 is 19.7 Å². The van der Waals surface area contributed by atoms with Crippen molar-refractivity contribution in [2.24, 2.45) is 0 Å². The van der Waals surface area contributed by atoms with E-state index in [0.717, 1.165) is 45.7 Å². The van der Waals surface area contributed by atoms with Crippen molar-refractivity contribution < 1.29 is 9.59 Å². The molecule has 184 valence electrons. The number of aromatic nitrogens is 3. The molecule has 6 rings (SSSR count). The number of carbonyl (C=O) groups is 2. The lowest BCUT2D eigenvalue weighted by Gasteiger charge is -2.46. The molecule has 0 radical (unpaired) electrons. The van der Waals surface area contributed by atoms with E-state index in [1.165, 1.54) is 5.56 Å². The standard InChI is InChI=1S/C28H30N6O2/c1-18-16-19(2)34(30-18)15-13-29-25(35)17-33-24-11-7-4-8-20(24)21-12-14-32-27(26(21)33)31(3)23-10-6-5-9-22(23)28(32)36/h4-11,16,27H,12-15,17H2,1-3H3,(H,29,35)/t27-/m1/s1. The van der Waals surface area contributed by atoms with Gasteiger partial charge in [-0.2, -0.15) is 5.10 Å². The molecule has 0 unspecified atom stereocenters. The van der Waals surface area contributed by atoms with E-state index in [0.29, 0.717) is 19.6 Å². The molecule has 8 heteroatoms. The van der Waals surface area contributed by atoms with E-state index in [1.807, 2.05) is 72.9 Å². The number of aryl methyl sites for hydroxylation is 2. The smallest absolute Gasteiger partial charge is 0.257 e. The van der Waals surface area contributed by atoms with Crippen molar-refractivity contribution in [1.29, 1.82) is 0 Å². The molecule has 0 aliphatic carbocycles. The molecule has 36 heavy (non-hydrogen) atoms. The number of anilines is 1. The molecule has 0 spiro atoms. The van der Waals surface area contributed by atoms with Gasteiger partial charge in [0.2, 0.25) is 5.91 Å². The predicted octanol–water partition coefficient (Wildman–Crippen LogP) is 3.42. The van der Waals surface area contributed by atoms with Crippen molar-refractivity contribution in [2.45, 2.75) is 39.5 Å². The number of hydrogen-bond donors (Lipinski definition) is 1. The van der Waals surface area contributed by atoms with E-state index in [1.54, 1.807) is 0 Å². The first kappa shape index (κ1) is 22.4. The molecule has 4 heterocycles. The van der Waals surface area contributed by atoms with Crippen LogP contribution >= 0.6 is 0 Å². The summed E-state index contributed by atoms with van der Waals surface area (Å²) in [6, 6.07) is 18.0. The first-order chi connectivity index (χ1) is 17.4. The second-order valence-corrected chi connectivity index (χ2v) is 9.72. The second-order valence-electron chi connectivity index (χ2n) is 9.72. The summed E-state index contributed by atoms with van der Waals surface area (Å²) in [7, 11) is 2.04. The third-order valence-electron chi connectivity index (χ3n) is 7.46. The van der Waals surface area contributed by atoms with Crippen molar-refractivity contribution in [3.8, 4) is 0 Å². The molecule has 4 aromatic rings. The summed E-state index contributed by atoms with van der Waals surface area (Å²) in [5, 5.41) is 8.70. The molecule has 2 aliphatic rings. The lowest BCUT2D eigenvalue weighted by atomic mass is 9.96. The van der Waals surface area contributed by atoms with Crippen molar-refractivity contribution in [2.75, 3.05) is 25.0 Å². The van der Waals surface area contributed by atoms with Crippen LogP contribution in [0.15, 0.2) is 54.6 Å². The number of para-hydroxylation sites is 2. The van der Waals surface area contributed by atoms with E-state index >= 15 is 0 Å². The van der Waals surface area contributed by atoms with Gasteiger partial charge in [0.25, 0.3) is 5.91 Å². The lowest BCUT2D eigenvalue weighted by Crippen LogP contribution is -2.51. The quantitative estimate of drug-likeness (QED) is 0.473. The van der Waals surface area contributed by atoms with Gasteiger partial charge in [0.05, 0.1) is 29.2 Å². The van der Waals surface area contributed by atoms with Crippen LogP contribution in [0.25, 0.3) is 10.9 Å².